The highest BCUT2D eigenvalue weighted by molar-refractivity contribution is 6.32. The summed E-state index contributed by atoms with van der Waals surface area (Å²) >= 11 is 0. The number of halogens is 3. The van der Waals surface area contributed by atoms with Crippen LogP contribution in [0.4, 0.5) is 18.9 Å². The Labute approximate surface area is 227 Å². The molecule has 4 rings (SSSR count). The summed E-state index contributed by atoms with van der Waals surface area (Å²) in [5.74, 6) is -0.714. The summed E-state index contributed by atoms with van der Waals surface area (Å²) < 4.78 is 40.2. The third-order valence-electron chi connectivity index (χ3n) is 8.16. The number of amides is 3. The summed E-state index contributed by atoms with van der Waals surface area (Å²) in [5.41, 5.74) is -1.35. The topological polar surface area (TPSA) is 84.7 Å². The summed E-state index contributed by atoms with van der Waals surface area (Å²) in [6, 6.07) is 4.37. The lowest BCUT2D eigenvalue weighted by atomic mass is 9.88. The summed E-state index contributed by atoms with van der Waals surface area (Å²) in [4.78, 5) is 43.7. The Kier molecular flexibility index (Phi) is 9.11. The number of hydrogen-bond acceptors (Lipinski definition) is 5. The predicted molar refractivity (Wildman–Crippen MR) is 139 cm³/mol. The number of carbonyl (C=O) groups excluding carboxylic acids is 3. The van der Waals surface area contributed by atoms with Gasteiger partial charge in [-0.3, -0.25) is 19.3 Å². The Balaban J connectivity index is 1.23. The second-order valence-electron chi connectivity index (χ2n) is 10.7. The maximum absolute atomic E-state index is 13.4. The van der Waals surface area contributed by atoms with Crippen LogP contribution in [-0.2, 0) is 20.6 Å². The van der Waals surface area contributed by atoms with Gasteiger partial charge in [0.2, 0.25) is 5.91 Å². The highest BCUT2D eigenvalue weighted by Crippen LogP contribution is 2.37. The van der Waals surface area contributed by atoms with Gasteiger partial charge in [0.1, 0.15) is 0 Å². The average molecular weight is 545 g/mol. The van der Waals surface area contributed by atoms with Gasteiger partial charge < -0.3 is 4.90 Å². The SMILES string of the molecule is CC1=C(CCCCCN2CCN(C(=O)C3CCCCC3)CC2)C(=O)N(c2ccc(C#N)c(C(F)(F)F)c2)C1=O. The van der Waals surface area contributed by atoms with Crippen molar-refractivity contribution >= 4 is 23.4 Å². The fourth-order valence-corrected chi connectivity index (χ4v) is 5.83. The van der Waals surface area contributed by atoms with E-state index in [0.717, 1.165) is 82.2 Å². The lowest BCUT2D eigenvalue weighted by Gasteiger charge is -2.37. The standard InChI is InChI=1S/C29H35F3N4O3/c1-20-24(28(39)36(26(20)37)23-12-11-22(19-33)25(18-23)29(30,31)32)10-6-3-7-13-34-14-16-35(17-15-34)27(38)21-8-4-2-5-9-21/h11-12,18,21H,2-10,13-17H2,1H3. The molecule has 0 aromatic heterocycles. The highest BCUT2D eigenvalue weighted by atomic mass is 19.4. The van der Waals surface area contributed by atoms with E-state index in [4.69, 9.17) is 5.26 Å². The molecule has 210 valence electrons. The van der Waals surface area contributed by atoms with Crippen molar-refractivity contribution in [1.82, 2.24) is 9.80 Å². The van der Waals surface area contributed by atoms with Crippen LogP contribution in [0.2, 0.25) is 0 Å². The molecule has 0 spiro atoms. The Bertz CT molecular complexity index is 1170. The maximum atomic E-state index is 13.4. The van der Waals surface area contributed by atoms with Crippen molar-refractivity contribution < 1.29 is 27.6 Å². The Hall–Kier alpha value is -3.19. The van der Waals surface area contributed by atoms with Gasteiger partial charge in [-0.05, 0) is 63.8 Å². The molecule has 3 aliphatic rings. The van der Waals surface area contributed by atoms with Crippen LogP contribution in [0.25, 0.3) is 0 Å². The first kappa shape index (κ1) is 28.8. The molecule has 7 nitrogen and oxygen atoms in total. The Morgan fingerprint density at radius 2 is 1.69 bits per heavy atom. The van der Waals surface area contributed by atoms with Gasteiger partial charge in [-0.25, -0.2) is 4.90 Å². The van der Waals surface area contributed by atoms with E-state index in [1.54, 1.807) is 0 Å². The highest BCUT2D eigenvalue weighted by Gasteiger charge is 2.39. The minimum atomic E-state index is -4.78. The number of nitrogens with zero attached hydrogens (tertiary/aromatic N) is 4. The summed E-state index contributed by atoms with van der Waals surface area (Å²) in [7, 11) is 0. The molecule has 1 aromatic rings. The zero-order valence-corrected chi connectivity index (χ0v) is 22.4. The van der Waals surface area contributed by atoms with E-state index in [2.05, 4.69) is 4.90 Å². The minimum absolute atomic E-state index is 0.188. The lowest BCUT2D eigenvalue weighted by Crippen LogP contribution is -2.50. The molecule has 1 aromatic carbocycles. The molecular formula is C29H35F3N4O3. The smallest absolute Gasteiger partial charge is 0.340 e. The molecule has 39 heavy (non-hydrogen) atoms. The number of unbranched alkanes of at least 4 members (excludes halogenated alkanes) is 2. The van der Waals surface area contributed by atoms with Gasteiger partial charge >= 0.3 is 6.18 Å². The molecule has 2 aliphatic heterocycles. The quantitative estimate of drug-likeness (QED) is 0.338. The number of benzene rings is 1. The van der Waals surface area contributed by atoms with Crippen LogP contribution in [0, 0.1) is 17.2 Å². The zero-order chi connectivity index (χ0) is 28.2. The molecule has 1 saturated carbocycles. The maximum Gasteiger partial charge on any atom is 0.417 e. The van der Waals surface area contributed by atoms with Gasteiger partial charge in [0.15, 0.2) is 0 Å². The van der Waals surface area contributed by atoms with Crippen LogP contribution in [0.15, 0.2) is 29.3 Å². The van der Waals surface area contributed by atoms with Gasteiger partial charge in [-0.2, -0.15) is 18.4 Å². The van der Waals surface area contributed by atoms with Crippen LogP contribution in [0.1, 0.15) is 75.8 Å². The zero-order valence-electron chi connectivity index (χ0n) is 22.4. The van der Waals surface area contributed by atoms with Gasteiger partial charge in [0, 0.05) is 43.2 Å². The molecule has 0 bridgehead atoms. The lowest BCUT2D eigenvalue weighted by molar-refractivity contribution is -0.138. The number of anilines is 1. The summed E-state index contributed by atoms with van der Waals surface area (Å²) in [6.45, 7) is 5.66. The molecule has 2 fully saturated rings. The molecule has 0 atom stereocenters. The van der Waals surface area contributed by atoms with E-state index >= 15 is 0 Å². The van der Waals surface area contributed by atoms with Crippen LogP contribution in [-0.4, -0.2) is 60.2 Å². The largest absolute Gasteiger partial charge is 0.417 e. The molecule has 10 heteroatoms. The number of carbonyl (C=O) groups is 3. The molecular weight excluding hydrogens is 509 g/mol. The number of imide groups is 1. The van der Waals surface area contributed by atoms with E-state index in [-0.39, 0.29) is 17.2 Å². The van der Waals surface area contributed by atoms with E-state index in [1.807, 2.05) is 4.90 Å². The number of rotatable bonds is 8. The average Bonchev–Trinajstić information content (AvgIpc) is 3.15. The second-order valence-corrected chi connectivity index (χ2v) is 10.7. The Morgan fingerprint density at radius 3 is 2.33 bits per heavy atom. The fourth-order valence-electron chi connectivity index (χ4n) is 5.83. The minimum Gasteiger partial charge on any atom is -0.340 e. The van der Waals surface area contributed by atoms with Gasteiger partial charge in [0.25, 0.3) is 11.8 Å². The fraction of sp³-hybridized carbons (Fsp3) is 0.586. The molecule has 0 N–H and O–H groups in total. The number of nitriles is 1. The van der Waals surface area contributed by atoms with Crippen molar-refractivity contribution in [3.8, 4) is 6.07 Å². The van der Waals surface area contributed by atoms with Crippen LogP contribution < -0.4 is 4.90 Å². The molecule has 0 radical (unpaired) electrons. The molecule has 1 saturated heterocycles. The van der Waals surface area contributed by atoms with Crippen LogP contribution >= 0.6 is 0 Å². The van der Waals surface area contributed by atoms with Crippen molar-refractivity contribution in [2.75, 3.05) is 37.6 Å². The van der Waals surface area contributed by atoms with E-state index < -0.39 is 29.1 Å². The third kappa shape index (κ3) is 6.52. The van der Waals surface area contributed by atoms with Crippen molar-refractivity contribution in [3.63, 3.8) is 0 Å². The van der Waals surface area contributed by atoms with Gasteiger partial charge in [-0.15, -0.1) is 0 Å². The number of piperazine rings is 1. The van der Waals surface area contributed by atoms with Crippen molar-refractivity contribution in [2.45, 2.75) is 70.9 Å². The number of alkyl halides is 3. The van der Waals surface area contributed by atoms with Crippen molar-refractivity contribution in [2.24, 2.45) is 5.92 Å². The monoisotopic (exact) mass is 544 g/mol. The number of hydrogen-bond donors (Lipinski definition) is 0. The molecule has 1 aliphatic carbocycles. The first-order valence-electron chi connectivity index (χ1n) is 13.8. The third-order valence-corrected chi connectivity index (χ3v) is 8.16. The van der Waals surface area contributed by atoms with Gasteiger partial charge in [-0.1, -0.05) is 25.7 Å². The predicted octanol–water partition coefficient (Wildman–Crippen LogP) is 5.05. The van der Waals surface area contributed by atoms with E-state index in [0.29, 0.717) is 30.4 Å². The molecule has 2 heterocycles. The molecule has 3 amide bonds. The Morgan fingerprint density at radius 1 is 1.00 bits per heavy atom. The van der Waals surface area contributed by atoms with E-state index in [9.17, 15) is 27.6 Å². The van der Waals surface area contributed by atoms with Crippen molar-refractivity contribution in [3.05, 3.63) is 40.5 Å². The first-order valence-corrected chi connectivity index (χ1v) is 13.8. The van der Waals surface area contributed by atoms with Crippen LogP contribution in [0.3, 0.4) is 0 Å². The summed E-state index contributed by atoms with van der Waals surface area (Å²) in [5, 5.41) is 9.01. The van der Waals surface area contributed by atoms with Crippen molar-refractivity contribution in [1.29, 1.82) is 5.26 Å². The van der Waals surface area contributed by atoms with E-state index in [1.165, 1.54) is 25.5 Å². The first-order chi connectivity index (χ1) is 18.6. The van der Waals surface area contributed by atoms with Gasteiger partial charge in [0.05, 0.1) is 22.9 Å². The van der Waals surface area contributed by atoms with Crippen LogP contribution in [0.5, 0.6) is 0 Å². The second kappa shape index (κ2) is 12.3. The normalized spacial score (nSPS) is 19.7. The summed E-state index contributed by atoms with van der Waals surface area (Å²) in [6.07, 6.45) is 3.60. The molecule has 0 unspecified atom stereocenters.